The highest BCUT2D eigenvalue weighted by Gasteiger charge is 2.20. The Balaban J connectivity index is 2.43. The van der Waals surface area contributed by atoms with E-state index in [1.165, 1.54) is 5.56 Å². The first-order valence-electron chi connectivity index (χ1n) is 5.28. The molecule has 80 valence electrons. The van der Waals surface area contributed by atoms with Crippen LogP contribution in [-0.4, -0.2) is 17.6 Å². The van der Waals surface area contributed by atoms with Gasteiger partial charge >= 0.3 is 5.97 Å². The van der Waals surface area contributed by atoms with Crippen molar-refractivity contribution in [2.45, 2.75) is 25.2 Å². The Morgan fingerprint density at radius 3 is 3.00 bits per heavy atom. The molecule has 1 aliphatic rings. The zero-order valence-corrected chi connectivity index (χ0v) is 8.57. The highest BCUT2D eigenvalue weighted by atomic mass is 16.4. The first-order chi connectivity index (χ1) is 7.22. The second-order valence-corrected chi connectivity index (χ2v) is 4.04. The maximum atomic E-state index is 10.9. The van der Waals surface area contributed by atoms with Gasteiger partial charge in [0.2, 0.25) is 0 Å². The van der Waals surface area contributed by atoms with E-state index < -0.39 is 5.97 Å². The molecule has 3 heteroatoms. The summed E-state index contributed by atoms with van der Waals surface area (Å²) in [6, 6.07) is 5.40. The summed E-state index contributed by atoms with van der Waals surface area (Å²) >= 11 is 0. The van der Waals surface area contributed by atoms with Crippen LogP contribution >= 0.6 is 0 Å². The maximum Gasteiger partial charge on any atom is 0.335 e. The molecule has 15 heavy (non-hydrogen) atoms. The Morgan fingerprint density at radius 1 is 1.53 bits per heavy atom. The predicted molar refractivity (Wildman–Crippen MR) is 58.1 cm³/mol. The topological polar surface area (TPSA) is 63.3 Å². The fourth-order valence-electron chi connectivity index (χ4n) is 2.27. The van der Waals surface area contributed by atoms with Crippen LogP contribution in [0.5, 0.6) is 0 Å². The van der Waals surface area contributed by atoms with Crippen LogP contribution in [0.15, 0.2) is 18.2 Å². The van der Waals surface area contributed by atoms with Crippen molar-refractivity contribution < 1.29 is 9.90 Å². The zero-order chi connectivity index (χ0) is 10.8. The van der Waals surface area contributed by atoms with Crippen molar-refractivity contribution >= 4 is 5.97 Å². The monoisotopic (exact) mass is 205 g/mol. The number of rotatable bonds is 2. The molecule has 0 aromatic heterocycles. The van der Waals surface area contributed by atoms with Gasteiger partial charge in [-0.1, -0.05) is 6.07 Å². The second-order valence-electron chi connectivity index (χ2n) is 4.04. The lowest BCUT2D eigenvalue weighted by molar-refractivity contribution is 0.0696. The molecular weight excluding hydrogens is 190 g/mol. The summed E-state index contributed by atoms with van der Waals surface area (Å²) in [4.78, 5) is 10.9. The Morgan fingerprint density at radius 2 is 2.33 bits per heavy atom. The molecule has 0 radical (unpaired) electrons. The Labute approximate surface area is 88.9 Å². The average Bonchev–Trinajstić information content (AvgIpc) is 2.27. The van der Waals surface area contributed by atoms with Crippen molar-refractivity contribution in [3.8, 4) is 0 Å². The molecule has 1 aliphatic carbocycles. The predicted octanol–water partition coefficient (Wildman–Crippen LogP) is 1.76. The first-order valence-corrected chi connectivity index (χ1v) is 5.28. The number of hydrogen-bond donors (Lipinski definition) is 2. The number of hydrogen-bond acceptors (Lipinski definition) is 2. The number of aryl methyl sites for hydroxylation is 1. The van der Waals surface area contributed by atoms with Crippen molar-refractivity contribution in [2.24, 2.45) is 5.73 Å². The van der Waals surface area contributed by atoms with E-state index in [0.29, 0.717) is 18.0 Å². The van der Waals surface area contributed by atoms with Crippen LogP contribution in [0.4, 0.5) is 0 Å². The molecule has 0 spiro atoms. The summed E-state index contributed by atoms with van der Waals surface area (Å²) in [6.45, 7) is 0.607. The smallest absolute Gasteiger partial charge is 0.335 e. The molecular formula is C12H15NO2. The summed E-state index contributed by atoms with van der Waals surface area (Å²) in [6.07, 6.45) is 3.28. The SMILES string of the molecule is NCC1CCCc2ccc(C(=O)O)cc21. The van der Waals surface area contributed by atoms with E-state index in [2.05, 4.69) is 0 Å². The quantitative estimate of drug-likeness (QED) is 0.773. The number of fused-ring (bicyclic) bond motifs is 1. The van der Waals surface area contributed by atoms with Crippen LogP contribution in [0.2, 0.25) is 0 Å². The summed E-state index contributed by atoms with van der Waals surface area (Å²) in [5.74, 6) is -0.521. The molecule has 0 saturated carbocycles. The molecule has 0 bridgehead atoms. The molecule has 0 amide bonds. The Kier molecular flexibility index (Phi) is 2.73. The molecule has 2 rings (SSSR count). The summed E-state index contributed by atoms with van der Waals surface area (Å²) in [5, 5.41) is 8.91. The number of nitrogens with two attached hydrogens (primary N) is 1. The van der Waals surface area contributed by atoms with Crippen LogP contribution in [-0.2, 0) is 6.42 Å². The third-order valence-electron chi connectivity index (χ3n) is 3.12. The lowest BCUT2D eigenvalue weighted by Crippen LogP contribution is -2.18. The maximum absolute atomic E-state index is 10.9. The molecule has 1 aromatic carbocycles. The standard InChI is InChI=1S/C12H15NO2/c13-7-10-3-1-2-8-4-5-9(12(14)15)6-11(8)10/h4-6,10H,1-3,7,13H2,(H,14,15). The summed E-state index contributed by atoms with van der Waals surface area (Å²) in [5.41, 5.74) is 8.47. The summed E-state index contributed by atoms with van der Waals surface area (Å²) < 4.78 is 0. The van der Waals surface area contributed by atoms with Gasteiger partial charge in [-0.05, 0) is 55.0 Å². The van der Waals surface area contributed by atoms with E-state index in [0.717, 1.165) is 24.8 Å². The van der Waals surface area contributed by atoms with Crippen molar-refractivity contribution in [2.75, 3.05) is 6.54 Å². The van der Waals surface area contributed by atoms with Crippen LogP contribution in [0.1, 0.15) is 40.2 Å². The molecule has 0 fully saturated rings. The fraction of sp³-hybridized carbons (Fsp3) is 0.417. The van der Waals surface area contributed by atoms with Crippen LogP contribution in [0, 0.1) is 0 Å². The molecule has 1 atom stereocenters. The molecule has 1 aromatic rings. The van der Waals surface area contributed by atoms with Gasteiger partial charge in [-0.25, -0.2) is 4.79 Å². The van der Waals surface area contributed by atoms with Crippen molar-refractivity contribution in [3.63, 3.8) is 0 Å². The van der Waals surface area contributed by atoms with Gasteiger partial charge in [0, 0.05) is 0 Å². The van der Waals surface area contributed by atoms with Gasteiger partial charge < -0.3 is 10.8 Å². The molecule has 0 aliphatic heterocycles. The molecule has 0 heterocycles. The minimum Gasteiger partial charge on any atom is -0.478 e. The zero-order valence-electron chi connectivity index (χ0n) is 8.57. The van der Waals surface area contributed by atoms with Crippen LogP contribution < -0.4 is 5.73 Å². The van der Waals surface area contributed by atoms with Gasteiger partial charge in [-0.2, -0.15) is 0 Å². The summed E-state index contributed by atoms with van der Waals surface area (Å²) in [7, 11) is 0. The second kappa shape index (κ2) is 4.03. The number of carboxylic acid groups (broad SMARTS) is 1. The highest BCUT2D eigenvalue weighted by molar-refractivity contribution is 5.88. The van der Waals surface area contributed by atoms with Gasteiger partial charge in [0.25, 0.3) is 0 Å². The van der Waals surface area contributed by atoms with E-state index in [9.17, 15) is 4.79 Å². The van der Waals surface area contributed by atoms with Crippen molar-refractivity contribution in [3.05, 3.63) is 34.9 Å². The molecule has 1 unspecified atom stereocenters. The molecule has 0 saturated heterocycles. The molecule has 3 nitrogen and oxygen atoms in total. The van der Waals surface area contributed by atoms with Gasteiger partial charge in [0.05, 0.1) is 5.56 Å². The normalized spacial score (nSPS) is 19.7. The van der Waals surface area contributed by atoms with Crippen LogP contribution in [0.25, 0.3) is 0 Å². The van der Waals surface area contributed by atoms with Crippen LogP contribution in [0.3, 0.4) is 0 Å². The van der Waals surface area contributed by atoms with Gasteiger partial charge in [-0.3, -0.25) is 0 Å². The third-order valence-corrected chi connectivity index (χ3v) is 3.12. The Bertz CT molecular complexity index is 387. The van der Waals surface area contributed by atoms with Crippen molar-refractivity contribution in [1.29, 1.82) is 0 Å². The van der Waals surface area contributed by atoms with Gasteiger partial charge in [0.1, 0.15) is 0 Å². The lowest BCUT2D eigenvalue weighted by Gasteiger charge is -2.24. The minimum atomic E-state index is -0.862. The third kappa shape index (κ3) is 1.88. The van der Waals surface area contributed by atoms with Gasteiger partial charge in [0.15, 0.2) is 0 Å². The number of aromatic carboxylic acids is 1. The molecule has 3 N–H and O–H groups in total. The van der Waals surface area contributed by atoms with Crippen molar-refractivity contribution in [1.82, 2.24) is 0 Å². The minimum absolute atomic E-state index is 0.341. The highest BCUT2D eigenvalue weighted by Crippen LogP contribution is 2.31. The number of carboxylic acids is 1. The lowest BCUT2D eigenvalue weighted by atomic mass is 9.82. The average molecular weight is 205 g/mol. The largest absolute Gasteiger partial charge is 0.478 e. The first kappa shape index (κ1) is 10.2. The fourth-order valence-corrected chi connectivity index (χ4v) is 2.27. The van der Waals surface area contributed by atoms with E-state index >= 15 is 0 Å². The van der Waals surface area contributed by atoms with E-state index in [4.69, 9.17) is 10.8 Å². The van der Waals surface area contributed by atoms with E-state index in [1.54, 1.807) is 12.1 Å². The van der Waals surface area contributed by atoms with E-state index in [1.807, 2.05) is 6.07 Å². The van der Waals surface area contributed by atoms with E-state index in [-0.39, 0.29) is 0 Å². The Hall–Kier alpha value is -1.35. The number of benzene rings is 1. The van der Waals surface area contributed by atoms with Gasteiger partial charge in [-0.15, -0.1) is 0 Å². The number of carbonyl (C=O) groups is 1.